The van der Waals surface area contributed by atoms with Crippen molar-refractivity contribution in [1.82, 2.24) is 9.97 Å². The van der Waals surface area contributed by atoms with Crippen molar-refractivity contribution in [1.29, 1.82) is 0 Å². The fourth-order valence-corrected chi connectivity index (χ4v) is 2.91. The van der Waals surface area contributed by atoms with E-state index in [1.807, 2.05) is 24.3 Å². The van der Waals surface area contributed by atoms with Crippen LogP contribution in [0.5, 0.6) is 17.2 Å². The number of nitrogens with one attached hydrogen (secondary N) is 2. The maximum absolute atomic E-state index is 12.6. The molecule has 0 atom stereocenters. The molecule has 1 aliphatic rings. The zero-order chi connectivity index (χ0) is 20.1. The van der Waals surface area contributed by atoms with E-state index >= 15 is 0 Å². The molecule has 0 fully saturated rings. The molecule has 0 saturated carbocycles. The van der Waals surface area contributed by atoms with Gasteiger partial charge in [0.2, 0.25) is 5.95 Å². The first-order valence-electron chi connectivity index (χ1n) is 9.13. The predicted molar refractivity (Wildman–Crippen MR) is 108 cm³/mol. The molecule has 4 rings (SSSR count). The number of carbonyl (C=O) groups excluding carboxylic acids is 1. The molecule has 8 heteroatoms. The molecule has 0 unspecified atom stereocenters. The van der Waals surface area contributed by atoms with E-state index in [0.29, 0.717) is 42.9 Å². The molecule has 2 N–H and O–H groups in total. The van der Waals surface area contributed by atoms with Crippen molar-refractivity contribution in [2.24, 2.45) is 0 Å². The first-order valence-corrected chi connectivity index (χ1v) is 9.13. The second-order valence-electron chi connectivity index (χ2n) is 6.24. The summed E-state index contributed by atoms with van der Waals surface area (Å²) < 4.78 is 16.4. The largest absolute Gasteiger partial charge is 0.496 e. The van der Waals surface area contributed by atoms with Gasteiger partial charge in [-0.1, -0.05) is 18.2 Å². The Kier molecular flexibility index (Phi) is 5.42. The van der Waals surface area contributed by atoms with Gasteiger partial charge in [0.1, 0.15) is 24.7 Å². The van der Waals surface area contributed by atoms with E-state index in [9.17, 15) is 4.79 Å². The molecule has 2 heterocycles. The number of amides is 1. The van der Waals surface area contributed by atoms with Crippen LogP contribution in [0.15, 0.2) is 54.7 Å². The molecule has 1 aliphatic heterocycles. The highest BCUT2D eigenvalue weighted by atomic mass is 16.6. The number of hydrogen-bond acceptors (Lipinski definition) is 7. The summed E-state index contributed by atoms with van der Waals surface area (Å²) in [7, 11) is 1.62. The lowest BCUT2D eigenvalue weighted by Crippen LogP contribution is -2.17. The molecule has 0 aliphatic carbocycles. The molecule has 1 aromatic heterocycles. The van der Waals surface area contributed by atoms with Gasteiger partial charge in [-0.2, -0.15) is 0 Å². The summed E-state index contributed by atoms with van der Waals surface area (Å²) in [6, 6.07) is 14.5. The van der Waals surface area contributed by atoms with E-state index in [1.165, 1.54) is 6.20 Å². The van der Waals surface area contributed by atoms with E-state index in [4.69, 9.17) is 14.2 Å². The van der Waals surface area contributed by atoms with Crippen LogP contribution in [0.1, 0.15) is 16.1 Å². The number of ether oxygens (including phenoxy) is 3. The van der Waals surface area contributed by atoms with Crippen molar-refractivity contribution in [3.05, 3.63) is 66.0 Å². The average Bonchev–Trinajstić information content (AvgIpc) is 2.78. The quantitative estimate of drug-likeness (QED) is 0.665. The first kappa shape index (κ1) is 18.5. The maximum Gasteiger partial charge on any atom is 0.274 e. The Labute approximate surface area is 167 Å². The van der Waals surface area contributed by atoms with Gasteiger partial charge >= 0.3 is 0 Å². The number of para-hydroxylation sites is 1. The highest BCUT2D eigenvalue weighted by molar-refractivity contribution is 6.03. The van der Waals surface area contributed by atoms with E-state index < -0.39 is 0 Å². The van der Waals surface area contributed by atoms with Crippen LogP contribution in [0.2, 0.25) is 0 Å². The highest BCUT2D eigenvalue weighted by Gasteiger charge is 2.14. The molecule has 148 valence electrons. The lowest BCUT2D eigenvalue weighted by Gasteiger charge is -2.19. The zero-order valence-corrected chi connectivity index (χ0v) is 15.8. The van der Waals surface area contributed by atoms with Gasteiger partial charge in [0.25, 0.3) is 5.91 Å². The zero-order valence-electron chi connectivity index (χ0n) is 15.8. The molecule has 0 bridgehead atoms. The number of carbonyl (C=O) groups is 1. The van der Waals surface area contributed by atoms with Crippen molar-refractivity contribution in [2.45, 2.75) is 6.54 Å². The lowest BCUT2D eigenvalue weighted by atomic mass is 10.2. The Morgan fingerprint density at radius 3 is 2.79 bits per heavy atom. The number of fused-ring (bicyclic) bond motifs is 1. The summed E-state index contributed by atoms with van der Waals surface area (Å²) in [5.41, 5.74) is 1.81. The van der Waals surface area contributed by atoms with Gasteiger partial charge in [0.05, 0.1) is 7.11 Å². The van der Waals surface area contributed by atoms with Gasteiger partial charge in [0, 0.05) is 30.1 Å². The molecule has 3 aromatic rings. The molecule has 0 saturated heterocycles. The SMILES string of the molecule is COc1ccccc1CNc1nccc(C(=O)Nc2ccc3c(c2)OCCO3)n1. The molecular formula is C21H20N4O4. The second-order valence-corrected chi connectivity index (χ2v) is 6.24. The minimum atomic E-state index is -0.343. The van der Waals surface area contributed by atoms with E-state index in [1.54, 1.807) is 31.4 Å². The van der Waals surface area contributed by atoms with Crippen LogP contribution in [0.4, 0.5) is 11.6 Å². The van der Waals surface area contributed by atoms with Crippen LogP contribution in [0.3, 0.4) is 0 Å². The van der Waals surface area contributed by atoms with E-state index in [-0.39, 0.29) is 11.6 Å². The van der Waals surface area contributed by atoms with Crippen molar-refractivity contribution in [3.8, 4) is 17.2 Å². The lowest BCUT2D eigenvalue weighted by molar-refractivity contribution is 0.102. The second kappa shape index (κ2) is 8.47. The Hall–Kier alpha value is -3.81. The van der Waals surface area contributed by atoms with Gasteiger partial charge in [0.15, 0.2) is 11.5 Å². The van der Waals surface area contributed by atoms with Crippen molar-refractivity contribution in [2.75, 3.05) is 31.0 Å². The predicted octanol–water partition coefficient (Wildman–Crippen LogP) is 3.12. The van der Waals surface area contributed by atoms with Crippen LogP contribution in [0, 0.1) is 0 Å². The van der Waals surface area contributed by atoms with Crippen LogP contribution in [-0.2, 0) is 6.54 Å². The maximum atomic E-state index is 12.6. The number of anilines is 2. The van der Waals surface area contributed by atoms with Gasteiger partial charge in [-0.15, -0.1) is 0 Å². The molecule has 8 nitrogen and oxygen atoms in total. The standard InChI is InChI=1S/C21H20N4O4/c1-27-17-5-3-2-4-14(17)13-23-21-22-9-8-16(25-21)20(26)24-15-6-7-18-19(12-15)29-11-10-28-18/h2-9,12H,10-11,13H2,1H3,(H,24,26)(H,22,23,25). The number of methoxy groups -OCH3 is 1. The van der Waals surface area contributed by atoms with Gasteiger partial charge in [-0.3, -0.25) is 4.79 Å². The summed E-state index contributed by atoms with van der Waals surface area (Å²) in [6.45, 7) is 1.47. The summed E-state index contributed by atoms with van der Waals surface area (Å²) in [5, 5.41) is 5.93. The molecule has 29 heavy (non-hydrogen) atoms. The average molecular weight is 392 g/mol. The third-order valence-electron chi connectivity index (χ3n) is 4.32. The Bertz CT molecular complexity index is 1030. The van der Waals surface area contributed by atoms with E-state index in [0.717, 1.165) is 11.3 Å². The van der Waals surface area contributed by atoms with E-state index in [2.05, 4.69) is 20.6 Å². The third kappa shape index (κ3) is 4.37. The number of hydrogen-bond donors (Lipinski definition) is 2. The normalized spacial score (nSPS) is 12.2. The minimum Gasteiger partial charge on any atom is -0.496 e. The molecule has 2 aromatic carbocycles. The van der Waals surface area contributed by atoms with Crippen molar-refractivity contribution >= 4 is 17.5 Å². The van der Waals surface area contributed by atoms with Gasteiger partial charge in [-0.25, -0.2) is 9.97 Å². The monoisotopic (exact) mass is 392 g/mol. The van der Waals surface area contributed by atoms with Crippen molar-refractivity contribution in [3.63, 3.8) is 0 Å². The molecule has 0 radical (unpaired) electrons. The molecular weight excluding hydrogens is 372 g/mol. The summed E-state index contributed by atoms with van der Waals surface area (Å²) in [6.07, 6.45) is 1.54. The van der Waals surface area contributed by atoms with Crippen molar-refractivity contribution < 1.29 is 19.0 Å². The molecule has 1 amide bonds. The Morgan fingerprint density at radius 2 is 1.93 bits per heavy atom. The minimum absolute atomic E-state index is 0.248. The smallest absolute Gasteiger partial charge is 0.274 e. The van der Waals surface area contributed by atoms with Gasteiger partial charge in [-0.05, 0) is 24.3 Å². The Morgan fingerprint density at radius 1 is 1.10 bits per heavy atom. The van der Waals surface area contributed by atoms with Crippen LogP contribution < -0.4 is 24.8 Å². The third-order valence-corrected chi connectivity index (χ3v) is 4.32. The van der Waals surface area contributed by atoms with Crippen LogP contribution in [0.25, 0.3) is 0 Å². The summed E-state index contributed by atoms with van der Waals surface area (Å²) in [4.78, 5) is 21.1. The Balaban J connectivity index is 1.43. The van der Waals surface area contributed by atoms with Crippen LogP contribution in [-0.4, -0.2) is 36.2 Å². The number of aromatic nitrogens is 2. The summed E-state index contributed by atoms with van der Waals surface area (Å²) >= 11 is 0. The topological polar surface area (TPSA) is 94.6 Å². The number of nitrogens with zero attached hydrogens (tertiary/aromatic N) is 2. The number of benzene rings is 2. The first-order chi connectivity index (χ1) is 14.2. The fraction of sp³-hybridized carbons (Fsp3) is 0.190. The van der Waals surface area contributed by atoms with Crippen LogP contribution >= 0.6 is 0 Å². The summed E-state index contributed by atoms with van der Waals surface area (Å²) in [5.74, 6) is 2.05. The van der Waals surface area contributed by atoms with Gasteiger partial charge < -0.3 is 24.8 Å². The highest BCUT2D eigenvalue weighted by Crippen LogP contribution is 2.32. The fourth-order valence-electron chi connectivity index (χ4n) is 2.91. The number of rotatable bonds is 6. The molecule has 0 spiro atoms.